The lowest BCUT2D eigenvalue weighted by atomic mass is 10.1. The molecule has 1 aromatic rings. The first-order chi connectivity index (χ1) is 11.4. The fourth-order valence-electron chi connectivity index (χ4n) is 1.90. The smallest absolute Gasteiger partial charge is 0.251 e. The van der Waals surface area contributed by atoms with Gasteiger partial charge in [-0.2, -0.15) is 0 Å². The standard InChI is InChI=1S/C18H27N3O3/c1-4-5-6-16(22)19-11-12-20-18(24)14-7-9-15(10-8-14)21-17(23)13(2)3/h7-10,13H,4-6,11-12H2,1-3H3,(H,19,22)(H,20,24)(H,21,23). The molecule has 1 aromatic carbocycles. The average molecular weight is 333 g/mol. The average Bonchev–Trinajstić information content (AvgIpc) is 2.57. The van der Waals surface area contributed by atoms with Crippen LogP contribution in [-0.4, -0.2) is 30.8 Å². The molecule has 0 bridgehead atoms. The van der Waals surface area contributed by atoms with E-state index in [2.05, 4.69) is 16.0 Å². The van der Waals surface area contributed by atoms with Gasteiger partial charge in [-0.25, -0.2) is 0 Å². The Morgan fingerprint density at radius 3 is 2.21 bits per heavy atom. The van der Waals surface area contributed by atoms with Gasteiger partial charge in [0.1, 0.15) is 0 Å². The predicted molar refractivity (Wildman–Crippen MR) is 94.8 cm³/mol. The Morgan fingerprint density at radius 1 is 1.00 bits per heavy atom. The van der Waals surface area contributed by atoms with E-state index in [1.807, 2.05) is 20.8 Å². The van der Waals surface area contributed by atoms with E-state index in [-0.39, 0.29) is 23.6 Å². The number of rotatable bonds is 9. The molecule has 6 nitrogen and oxygen atoms in total. The lowest BCUT2D eigenvalue weighted by Crippen LogP contribution is -2.34. The highest BCUT2D eigenvalue weighted by Crippen LogP contribution is 2.10. The van der Waals surface area contributed by atoms with Crippen molar-refractivity contribution in [2.24, 2.45) is 5.92 Å². The summed E-state index contributed by atoms with van der Waals surface area (Å²) in [4.78, 5) is 35.0. The highest BCUT2D eigenvalue weighted by atomic mass is 16.2. The summed E-state index contributed by atoms with van der Waals surface area (Å²) in [7, 11) is 0. The maximum absolute atomic E-state index is 12.0. The molecule has 3 amide bonds. The molecule has 0 saturated carbocycles. The monoisotopic (exact) mass is 333 g/mol. The minimum Gasteiger partial charge on any atom is -0.354 e. The van der Waals surface area contributed by atoms with Gasteiger partial charge in [-0.15, -0.1) is 0 Å². The molecule has 0 aromatic heterocycles. The Kier molecular flexibility index (Phi) is 8.54. The third-order valence-corrected chi connectivity index (χ3v) is 3.43. The molecule has 0 aliphatic heterocycles. The van der Waals surface area contributed by atoms with E-state index in [0.717, 1.165) is 12.8 Å². The van der Waals surface area contributed by atoms with E-state index in [9.17, 15) is 14.4 Å². The number of anilines is 1. The van der Waals surface area contributed by atoms with E-state index < -0.39 is 0 Å². The largest absolute Gasteiger partial charge is 0.354 e. The summed E-state index contributed by atoms with van der Waals surface area (Å²) < 4.78 is 0. The van der Waals surface area contributed by atoms with E-state index in [0.29, 0.717) is 30.8 Å². The molecule has 3 N–H and O–H groups in total. The Labute approximate surface area is 143 Å². The van der Waals surface area contributed by atoms with Crippen molar-refractivity contribution in [2.45, 2.75) is 40.0 Å². The lowest BCUT2D eigenvalue weighted by molar-refractivity contribution is -0.121. The van der Waals surface area contributed by atoms with Crippen molar-refractivity contribution in [3.8, 4) is 0 Å². The van der Waals surface area contributed by atoms with E-state index in [1.54, 1.807) is 24.3 Å². The van der Waals surface area contributed by atoms with E-state index in [1.165, 1.54) is 0 Å². The summed E-state index contributed by atoms with van der Waals surface area (Å²) in [5.41, 5.74) is 1.17. The zero-order chi connectivity index (χ0) is 17.9. The minimum atomic E-state index is -0.209. The van der Waals surface area contributed by atoms with Gasteiger partial charge in [0.15, 0.2) is 0 Å². The number of unbranched alkanes of at least 4 members (excludes halogenated alkanes) is 1. The molecule has 0 fully saturated rings. The van der Waals surface area contributed by atoms with Crippen molar-refractivity contribution in [3.05, 3.63) is 29.8 Å². The molecule has 0 spiro atoms. The summed E-state index contributed by atoms with van der Waals surface area (Å²) in [5.74, 6) is -0.359. The summed E-state index contributed by atoms with van der Waals surface area (Å²) in [5, 5.41) is 8.28. The molecule has 0 aliphatic rings. The van der Waals surface area contributed by atoms with Crippen molar-refractivity contribution in [3.63, 3.8) is 0 Å². The molecule has 24 heavy (non-hydrogen) atoms. The first-order valence-corrected chi connectivity index (χ1v) is 8.39. The van der Waals surface area contributed by atoms with Gasteiger partial charge in [0.05, 0.1) is 0 Å². The quantitative estimate of drug-likeness (QED) is 0.606. The van der Waals surface area contributed by atoms with Crippen LogP contribution in [0.15, 0.2) is 24.3 Å². The normalized spacial score (nSPS) is 10.3. The molecule has 0 saturated heterocycles. The van der Waals surface area contributed by atoms with Crippen molar-refractivity contribution in [2.75, 3.05) is 18.4 Å². The molecule has 132 valence electrons. The Morgan fingerprint density at radius 2 is 1.62 bits per heavy atom. The molecule has 0 aliphatic carbocycles. The second-order valence-electron chi connectivity index (χ2n) is 5.93. The highest BCUT2D eigenvalue weighted by Gasteiger charge is 2.09. The Hall–Kier alpha value is -2.37. The van der Waals surface area contributed by atoms with Crippen molar-refractivity contribution < 1.29 is 14.4 Å². The number of carbonyl (C=O) groups is 3. The summed E-state index contributed by atoms with van der Waals surface area (Å²) >= 11 is 0. The van der Waals surface area contributed by atoms with Gasteiger partial charge in [0, 0.05) is 36.7 Å². The van der Waals surface area contributed by atoms with E-state index >= 15 is 0 Å². The number of hydrogen-bond acceptors (Lipinski definition) is 3. The van der Waals surface area contributed by atoms with Crippen LogP contribution in [-0.2, 0) is 9.59 Å². The first kappa shape index (κ1) is 19.7. The van der Waals surface area contributed by atoms with Crippen molar-refractivity contribution >= 4 is 23.4 Å². The number of hydrogen-bond donors (Lipinski definition) is 3. The highest BCUT2D eigenvalue weighted by molar-refractivity contribution is 5.96. The number of benzene rings is 1. The predicted octanol–water partition coefficient (Wildman–Crippen LogP) is 2.32. The van der Waals surface area contributed by atoms with Crippen LogP contribution in [0.2, 0.25) is 0 Å². The fourth-order valence-corrected chi connectivity index (χ4v) is 1.90. The molecular weight excluding hydrogens is 306 g/mol. The second kappa shape index (κ2) is 10.4. The third kappa shape index (κ3) is 7.26. The minimum absolute atomic E-state index is 0.0105. The number of nitrogens with one attached hydrogen (secondary N) is 3. The topological polar surface area (TPSA) is 87.3 Å². The molecule has 6 heteroatoms. The van der Waals surface area contributed by atoms with Gasteiger partial charge in [-0.05, 0) is 30.7 Å². The van der Waals surface area contributed by atoms with Crippen molar-refractivity contribution in [1.82, 2.24) is 10.6 Å². The number of amides is 3. The van der Waals surface area contributed by atoms with Gasteiger partial charge >= 0.3 is 0 Å². The van der Waals surface area contributed by atoms with Gasteiger partial charge in [-0.1, -0.05) is 27.2 Å². The molecule has 0 unspecified atom stereocenters. The van der Waals surface area contributed by atoms with Gasteiger partial charge in [0.2, 0.25) is 11.8 Å². The molecule has 0 atom stereocenters. The van der Waals surface area contributed by atoms with Crippen LogP contribution in [0.4, 0.5) is 5.69 Å². The van der Waals surface area contributed by atoms with Crippen molar-refractivity contribution in [1.29, 1.82) is 0 Å². The van der Waals surface area contributed by atoms with Crippen LogP contribution >= 0.6 is 0 Å². The molecular formula is C18H27N3O3. The SMILES string of the molecule is CCCCC(=O)NCCNC(=O)c1ccc(NC(=O)C(C)C)cc1. The van der Waals surface area contributed by atoms with Gasteiger partial charge in [0.25, 0.3) is 5.91 Å². The van der Waals surface area contributed by atoms with Crippen LogP contribution in [0.5, 0.6) is 0 Å². The fraction of sp³-hybridized carbons (Fsp3) is 0.500. The van der Waals surface area contributed by atoms with Crippen LogP contribution in [0.3, 0.4) is 0 Å². The molecule has 0 heterocycles. The van der Waals surface area contributed by atoms with Crippen LogP contribution in [0.25, 0.3) is 0 Å². The zero-order valence-corrected chi connectivity index (χ0v) is 14.6. The Balaban J connectivity index is 2.35. The molecule has 1 rings (SSSR count). The van der Waals surface area contributed by atoms with Gasteiger partial charge < -0.3 is 16.0 Å². The zero-order valence-electron chi connectivity index (χ0n) is 14.6. The van der Waals surface area contributed by atoms with Crippen LogP contribution < -0.4 is 16.0 Å². The third-order valence-electron chi connectivity index (χ3n) is 3.43. The van der Waals surface area contributed by atoms with E-state index in [4.69, 9.17) is 0 Å². The maximum atomic E-state index is 12.0. The Bertz CT molecular complexity index is 553. The lowest BCUT2D eigenvalue weighted by Gasteiger charge is -2.09. The summed E-state index contributed by atoms with van der Waals surface area (Å²) in [6.07, 6.45) is 2.38. The second-order valence-corrected chi connectivity index (χ2v) is 5.93. The van der Waals surface area contributed by atoms with Crippen LogP contribution in [0.1, 0.15) is 50.4 Å². The molecule has 0 radical (unpaired) electrons. The first-order valence-electron chi connectivity index (χ1n) is 8.39. The maximum Gasteiger partial charge on any atom is 0.251 e. The summed E-state index contributed by atoms with van der Waals surface area (Å²) in [6, 6.07) is 6.71. The van der Waals surface area contributed by atoms with Crippen LogP contribution in [0, 0.1) is 5.92 Å². The number of carbonyl (C=O) groups excluding carboxylic acids is 3. The summed E-state index contributed by atoms with van der Waals surface area (Å²) in [6.45, 7) is 6.46. The van der Waals surface area contributed by atoms with Gasteiger partial charge in [-0.3, -0.25) is 14.4 Å².